The third-order valence-corrected chi connectivity index (χ3v) is 5.54. The number of aromatic nitrogens is 2. The van der Waals surface area contributed by atoms with E-state index in [9.17, 15) is 4.79 Å². The monoisotopic (exact) mass is 386 g/mol. The highest BCUT2D eigenvalue weighted by Crippen LogP contribution is 2.37. The molecule has 0 N–H and O–H groups in total. The molecule has 2 heterocycles. The van der Waals surface area contributed by atoms with E-state index in [1.54, 1.807) is 15.9 Å². The number of terminal acetylenes is 1. The summed E-state index contributed by atoms with van der Waals surface area (Å²) in [5, 5.41) is 0.676. The first kappa shape index (κ1) is 16.0. The fraction of sp³-hybridized carbons (Fsp3) is 0.222. The minimum absolute atomic E-state index is 0.0562. The largest absolute Gasteiger partial charge is 0.284 e. The first-order valence-electron chi connectivity index (χ1n) is 7.29. The molecule has 3 nitrogen and oxygen atoms in total. The Morgan fingerprint density at radius 2 is 2.04 bits per heavy atom. The summed E-state index contributed by atoms with van der Waals surface area (Å²) in [6, 6.07) is 8.02. The van der Waals surface area contributed by atoms with Gasteiger partial charge in [0.15, 0.2) is 0 Å². The highest BCUT2D eigenvalue weighted by atomic mass is 79.9. The Bertz CT molecular complexity index is 977. The van der Waals surface area contributed by atoms with Crippen molar-refractivity contribution in [2.45, 2.75) is 26.8 Å². The Labute approximate surface area is 147 Å². The zero-order chi connectivity index (χ0) is 16.6. The molecule has 0 spiro atoms. The molecule has 5 heteroatoms. The van der Waals surface area contributed by atoms with Gasteiger partial charge >= 0.3 is 0 Å². The van der Waals surface area contributed by atoms with Crippen molar-refractivity contribution >= 4 is 37.5 Å². The minimum Gasteiger partial charge on any atom is -0.284 e. The zero-order valence-corrected chi connectivity index (χ0v) is 15.3. The molecule has 0 atom stereocenters. The average Bonchev–Trinajstić information content (AvgIpc) is 2.90. The van der Waals surface area contributed by atoms with Gasteiger partial charge in [-0.05, 0) is 31.0 Å². The quantitative estimate of drug-likeness (QED) is 0.625. The molecule has 0 amide bonds. The maximum atomic E-state index is 13.0. The van der Waals surface area contributed by atoms with Crippen molar-refractivity contribution in [2.75, 3.05) is 0 Å². The summed E-state index contributed by atoms with van der Waals surface area (Å²) in [5.74, 6) is 3.20. The van der Waals surface area contributed by atoms with Gasteiger partial charge in [0.05, 0.1) is 11.9 Å². The predicted molar refractivity (Wildman–Crippen MR) is 100.0 cm³/mol. The summed E-state index contributed by atoms with van der Waals surface area (Å²) >= 11 is 5.04. The molecule has 23 heavy (non-hydrogen) atoms. The smallest absolute Gasteiger partial charge is 0.263 e. The second kappa shape index (κ2) is 6.31. The highest BCUT2D eigenvalue weighted by molar-refractivity contribution is 9.10. The number of rotatable bonds is 3. The summed E-state index contributed by atoms with van der Waals surface area (Å²) in [7, 11) is 0. The average molecular weight is 387 g/mol. The molecular weight excluding hydrogens is 372 g/mol. The summed E-state index contributed by atoms with van der Waals surface area (Å²) in [6.45, 7) is 4.16. The molecule has 2 aromatic heterocycles. The molecule has 0 saturated carbocycles. The van der Waals surface area contributed by atoms with Crippen LogP contribution in [-0.4, -0.2) is 9.55 Å². The number of nitrogens with zero attached hydrogens (tertiary/aromatic N) is 2. The van der Waals surface area contributed by atoms with Crippen LogP contribution in [0, 0.1) is 19.3 Å². The topological polar surface area (TPSA) is 34.9 Å². The van der Waals surface area contributed by atoms with Crippen LogP contribution in [0.4, 0.5) is 0 Å². The van der Waals surface area contributed by atoms with E-state index in [2.05, 4.69) is 33.8 Å². The number of hydrogen-bond donors (Lipinski definition) is 0. The van der Waals surface area contributed by atoms with Gasteiger partial charge < -0.3 is 0 Å². The van der Waals surface area contributed by atoms with E-state index >= 15 is 0 Å². The predicted octanol–water partition coefficient (Wildman–Crippen LogP) is 4.39. The van der Waals surface area contributed by atoms with Crippen LogP contribution in [0.1, 0.15) is 17.6 Å². The third-order valence-electron chi connectivity index (χ3n) is 3.78. The lowest BCUT2D eigenvalue weighted by molar-refractivity contribution is 0.743. The molecular formula is C18H15BrN2OS. The Kier molecular flexibility index (Phi) is 4.38. The van der Waals surface area contributed by atoms with Crippen molar-refractivity contribution < 1.29 is 0 Å². The second-order valence-electron chi connectivity index (χ2n) is 5.20. The van der Waals surface area contributed by atoms with Crippen molar-refractivity contribution in [3.63, 3.8) is 0 Å². The number of fused-ring (bicyclic) bond motifs is 1. The van der Waals surface area contributed by atoms with Crippen LogP contribution >= 0.6 is 27.3 Å². The number of hydrogen-bond acceptors (Lipinski definition) is 3. The van der Waals surface area contributed by atoms with E-state index in [0.29, 0.717) is 11.2 Å². The van der Waals surface area contributed by atoms with E-state index < -0.39 is 0 Å². The van der Waals surface area contributed by atoms with Gasteiger partial charge in [-0.3, -0.25) is 9.36 Å². The van der Waals surface area contributed by atoms with Crippen molar-refractivity contribution in [3.8, 4) is 23.5 Å². The van der Waals surface area contributed by atoms with E-state index in [1.165, 1.54) is 4.88 Å². The van der Waals surface area contributed by atoms with Gasteiger partial charge in [0.2, 0.25) is 0 Å². The summed E-state index contributed by atoms with van der Waals surface area (Å²) in [5.41, 5.74) is 1.97. The van der Waals surface area contributed by atoms with Crippen molar-refractivity contribution in [3.05, 3.63) is 49.8 Å². The number of halogens is 1. The van der Waals surface area contributed by atoms with E-state index in [-0.39, 0.29) is 12.1 Å². The first-order chi connectivity index (χ1) is 11.1. The molecule has 0 fully saturated rings. The molecule has 1 aromatic carbocycles. The Hall–Kier alpha value is -1.90. The molecule has 0 radical (unpaired) electrons. The van der Waals surface area contributed by atoms with Crippen LogP contribution in [0.25, 0.3) is 21.3 Å². The van der Waals surface area contributed by atoms with Gasteiger partial charge in [-0.2, -0.15) is 0 Å². The van der Waals surface area contributed by atoms with Gasteiger partial charge in [-0.25, -0.2) is 4.98 Å². The van der Waals surface area contributed by atoms with Gasteiger partial charge in [0, 0.05) is 14.9 Å². The maximum Gasteiger partial charge on any atom is 0.263 e. The van der Waals surface area contributed by atoms with Crippen LogP contribution in [0.5, 0.6) is 0 Å². The van der Waals surface area contributed by atoms with E-state index in [1.807, 2.05) is 31.2 Å². The number of benzene rings is 1. The molecule has 116 valence electrons. The summed E-state index contributed by atoms with van der Waals surface area (Å²) in [4.78, 5) is 19.5. The lowest BCUT2D eigenvalue weighted by Crippen LogP contribution is -2.23. The minimum atomic E-state index is -0.0562. The summed E-state index contributed by atoms with van der Waals surface area (Å²) in [6.07, 6.45) is 6.26. The molecule has 0 saturated heterocycles. The third kappa shape index (κ3) is 2.73. The van der Waals surface area contributed by atoms with Gasteiger partial charge in [0.1, 0.15) is 10.7 Å². The normalized spacial score (nSPS) is 10.9. The first-order valence-corrected chi connectivity index (χ1v) is 8.90. The van der Waals surface area contributed by atoms with Crippen LogP contribution in [0.3, 0.4) is 0 Å². The highest BCUT2D eigenvalue weighted by Gasteiger charge is 2.19. The van der Waals surface area contributed by atoms with Crippen molar-refractivity contribution in [1.29, 1.82) is 0 Å². The van der Waals surface area contributed by atoms with E-state index in [4.69, 9.17) is 6.42 Å². The van der Waals surface area contributed by atoms with Crippen LogP contribution in [0.15, 0.2) is 33.5 Å². The van der Waals surface area contributed by atoms with Crippen molar-refractivity contribution in [2.24, 2.45) is 0 Å². The molecule has 0 bridgehead atoms. The SMILES string of the molecule is C#CCn1c(C)nc2sc(CC)c(-c3ccc(Br)cc3)c2c1=O. The van der Waals surface area contributed by atoms with Gasteiger partial charge in [-0.15, -0.1) is 17.8 Å². The summed E-state index contributed by atoms with van der Waals surface area (Å²) < 4.78 is 2.58. The molecule has 3 rings (SSSR count). The lowest BCUT2D eigenvalue weighted by Gasteiger charge is -2.07. The Balaban J connectivity index is 2.40. The van der Waals surface area contributed by atoms with Crippen molar-refractivity contribution in [1.82, 2.24) is 9.55 Å². The van der Waals surface area contributed by atoms with Crippen LogP contribution in [-0.2, 0) is 13.0 Å². The van der Waals surface area contributed by atoms with Gasteiger partial charge in [-0.1, -0.05) is 40.9 Å². The lowest BCUT2D eigenvalue weighted by atomic mass is 10.0. The molecule has 0 aliphatic heterocycles. The van der Waals surface area contributed by atoms with Crippen LogP contribution < -0.4 is 5.56 Å². The number of aryl methyl sites for hydroxylation is 2. The van der Waals surface area contributed by atoms with Crippen LogP contribution in [0.2, 0.25) is 0 Å². The molecule has 0 unspecified atom stereocenters. The fourth-order valence-corrected chi connectivity index (χ4v) is 4.11. The zero-order valence-electron chi connectivity index (χ0n) is 12.9. The Morgan fingerprint density at radius 3 is 2.65 bits per heavy atom. The number of thiophene rings is 1. The molecule has 3 aromatic rings. The maximum absolute atomic E-state index is 13.0. The Morgan fingerprint density at radius 1 is 1.35 bits per heavy atom. The second-order valence-corrected chi connectivity index (χ2v) is 7.19. The van der Waals surface area contributed by atoms with E-state index in [0.717, 1.165) is 26.9 Å². The van der Waals surface area contributed by atoms with Gasteiger partial charge in [0.25, 0.3) is 5.56 Å². The molecule has 0 aliphatic carbocycles. The fourth-order valence-electron chi connectivity index (χ4n) is 2.68. The molecule has 0 aliphatic rings. The standard InChI is InChI=1S/C18H15BrN2OS/c1-4-10-21-11(3)20-17-16(18(21)22)15(14(5-2)23-17)12-6-8-13(19)9-7-12/h1,6-9H,5,10H2,2-3H3.